The number of hydrogen-bond acceptors (Lipinski definition) is 5. The zero-order chi connectivity index (χ0) is 22.1. The fourth-order valence-corrected chi connectivity index (χ4v) is 4.37. The summed E-state index contributed by atoms with van der Waals surface area (Å²) in [6.45, 7) is 2.03. The van der Waals surface area contributed by atoms with Crippen molar-refractivity contribution in [2.75, 3.05) is 5.73 Å². The van der Waals surface area contributed by atoms with E-state index in [1.54, 1.807) is 6.21 Å². The number of nitrogens with two attached hydrogens (primary N) is 1. The molecule has 5 rings (SSSR count). The average Bonchev–Trinajstić information content (AvgIpc) is 3.07. The zero-order valence-electron chi connectivity index (χ0n) is 18.1. The molecule has 2 aromatic heterocycles. The van der Waals surface area contributed by atoms with Crippen molar-refractivity contribution in [3.05, 3.63) is 65.2 Å². The molecule has 0 atom stereocenters. The van der Waals surface area contributed by atoms with E-state index in [0.29, 0.717) is 22.2 Å². The summed E-state index contributed by atoms with van der Waals surface area (Å²) in [4.78, 5) is 22.8. The van der Waals surface area contributed by atoms with Crippen molar-refractivity contribution in [3.8, 4) is 0 Å². The number of amides is 1. The Kier molecular flexibility index (Phi) is 5.31. The quantitative estimate of drug-likeness (QED) is 0.472. The van der Waals surface area contributed by atoms with Gasteiger partial charge in [0.05, 0.1) is 17.2 Å². The maximum atomic E-state index is 13.3. The number of nitrogens with zero attached hydrogens (tertiary/aromatic N) is 4. The Morgan fingerprint density at radius 1 is 1.09 bits per heavy atom. The highest BCUT2D eigenvalue weighted by molar-refractivity contribution is 6.10. The first-order chi connectivity index (χ1) is 15.6. The van der Waals surface area contributed by atoms with Crippen LogP contribution < -0.4 is 11.1 Å². The lowest BCUT2D eigenvalue weighted by molar-refractivity contribution is 0.0930. The maximum Gasteiger partial charge on any atom is 0.257 e. The summed E-state index contributed by atoms with van der Waals surface area (Å²) in [5.41, 5.74) is 11.3. The molecule has 0 bridgehead atoms. The number of rotatable bonds is 4. The van der Waals surface area contributed by atoms with Gasteiger partial charge in [0, 0.05) is 6.04 Å². The van der Waals surface area contributed by atoms with Gasteiger partial charge in [0.15, 0.2) is 5.65 Å². The van der Waals surface area contributed by atoms with Gasteiger partial charge in [-0.1, -0.05) is 61.2 Å². The van der Waals surface area contributed by atoms with Gasteiger partial charge in [-0.2, -0.15) is 9.78 Å². The monoisotopic (exact) mass is 426 g/mol. The van der Waals surface area contributed by atoms with Gasteiger partial charge < -0.3 is 11.1 Å². The van der Waals surface area contributed by atoms with Gasteiger partial charge >= 0.3 is 0 Å². The minimum absolute atomic E-state index is 0.165. The van der Waals surface area contributed by atoms with Crippen LogP contribution in [0, 0.1) is 6.92 Å². The minimum atomic E-state index is -0.214. The van der Waals surface area contributed by atoms with Crippen LogP contribution in [0.1, 0.15) is 53.6 Å². The Morgan fingerprint density at radius 3 is 2.59 bits per heavy atom. The van der Waals surface area contributed by atoms with Gasteiger partial charge in [-0.15, -0.1) is 0 Å². The van der Waals surface area contributed by atoms with E-state index in [4.69, 9.17) is 15.7 Å². The lowest BCUT2D eigenvalue weighted by atomic mass is 9.95. The first-order valence-electron chi connectivity index (χ1n) is 11.1. The highest BCUT2D eigenvalue weighted by Crippen LogP contribution is 2.28. The summed E-state index contributed by atoms with van der Waals surface area (Å²) in [6, 6.07) is 15.8. The van der Waals surface area contributed by atoms with E-state index in [1.165, 1.54) is 11.1 Å². The van der Waals surface area contributed by atoms with Crippen LogP contribution in [0.3, 0.4) is 0 Å². The Hall–Kier alpha value is -3.74. The topological polar surface area (TPSA) is 98.2 Å². The second-order valence-corrected chi connectivity index (χ2v) is 8.42. The Balaban J connectivity index is 1.62. The van der Waals surface area contributed by atoms with Crippen molar-refractivity contribution in [1.82, 2.24) is 20.0 Å². The molecule has 0 aliphatic heterocycles. The van der Waals surface area contributed by atoms with Crippen LogP contribution in [0.5, 0.6) is 0 Å². The zero-order valence-corrected chi connectivity index (χ0v) is 18.1. The summed E-state index contributed by atoms with van der Waals surface area (Å²) in [7, 11) is 0. The summed E-state index contributed by atoms with van der Waals surface area (Å²) in [5.74, 6) is 0.0287. The first-order valence-corrected chi connectivity index (χ1v) is 11.1. The molecule has 2 heterocycles. The van der Waals surface area contributed by atoms with Crippen LogP contribution in [0.4, 0.5) is 5.82 Å². The van der Waals surface area contributed by atoms with E-state index in [1.807, 2.05) is 55.5 Å². The van der Waals surface area contributed by atoms with Crippen LogP contribution in [0.25, 0.3) is 22.2 Å². The molecule has 0 spiro atoms. The Morgan fingerprint density at radius 2 is 1.84 bits per heavy atom. The third-order valence-corrected chi connectivity index (χ3v) is 6.01. The predicted molar refractivity (Wildman–Crippen MR) is 128 cm³/mol. The standard InChI is InChI=1S/C25H26N6O/c1-16-8-7-9-17(14-16)15-27-31-23(26)21(25(32)28-18-10-3-2-4-11-18)22-24(31)30-20-13-6-5-12-19(20)29-22/h5-9,12-15,18H,2-4,10-11,26H2,1H3,(H,28,32). The minimum Gasteiger partial charge on any atom is -0.383 e. The molecule has 1 saturated carbocycles. The number of nitrogen functional groups attached to an aromatic ring is 1. The van der Waals surface area contributed by atoms with Crippen molar-refractivity contribution >= 4 is 40.1 Å². The second kappa shape index (κ2) is 8.42. The molecule has 7 heteroatoms. The third kappa shape index (κ3) is 3.82. The maximum absolute atomic E-state index is 13.3. The van der Waals surface area contributed by atoms with Crippen LogP contribution in [0.15, 0.2) is 53.6 Å². The molecule has 1 aliphatic rings. The average molecular weight is 427 g/mol. The van der Waals surface area contributed by atoms with Gasteiger partial charge in [-0.25, -0.2) is 9.97 Å². The molecule has 2 aromatic carbocycles. The van der Waals surface area contributed by atoms with Gasteiger partial charge in [0.25, 0.3) is 5.91 Å². The predicted octanol–water partition coefficient (Wildman–Crippen LogP) is 4.42. The second-order valence-electron chi connectivity index (χ2n) is 8.42. The number of para-hydroxylation sites is 2. The van der Waals surface area contributed by atoms with E-state index in [0.717, 1.165) is 42.3 Å². The van der Waals surface area contributed by atoms with Gasteiger partial charge in [-0.3, -0.25) is 4.79 Å². The molecule has 0 radical (unpaired) electrons. The molecule has 1 aliphatic carbocycles. The highest BCUT2D eigenvalue weighted by atomic mass is 16.1. The van der Waals surface area contributed by atoms with Gasteiger partial charge in [0.2, 0.25) is 0 Å². The van der Waals surface area contributed by atoms with E-state index < -0.39 is 0 Å². The molecule has 162 valence electrons. The third-order valence-electron chi connectivity index (χ3n) is 6.01. The number of nitrogens with one attached hydrogen (secondary N) is 1. The van der Waals surface area contributed by atoms with Crippen molar-refractivity contribution in [2.45, 2.75) is 45.1 Å². The van der Waals surface area contributed by atoms with Crippen LogP contribution in [-0.2, 0) is 0 Å². The first kappa shape index (κ1) is 20.2. The van der Waals surface area contributed by atoms with Crippen molar-refractivity contribution < 1.29 is 4.79 Å². The molecule has 4 aromatic rings. The Bertz CT molecular complexity index is 1330. The number of fused-ring (bicyclic) bond motifs is 2. The molecule has 3 N–H and O–H groups in total. The smallest absolute Gasteiger partial charge is 0.257 e. The van der Waals surface area contributed by atoms with Crippen LogP contribution >= 0.6 is 0 Å². The SMILES string of the molecule is Cc1cccc(C=Nn2c(N)c(C(=O)NC3CCCCC3)c3nc4ccccc4nc32)c1. The normalized spacial score (nSPS) is 15.0. The van der Waals surface area contributed by atoms with Crippen molar-refractivity contribution in [2.24, 2.45) is 5.10 Å². The number of carbonyl (C=O) groups excluding carboxylic acids is 1. The number of anilines is 1. The molecule has 1 amide bonds. The van der Waals surface area contributed by atoms with Crippen molar-refractivity contribution in [3.63, 3.8) is 0 Å². The van der Waals surface area contributed by atoms with E-state index in [9.17, 15) is 4.79 Å². The fourth-order valence-electron chi connectivity index (χ4n) is 4.37. The molecule has 0 unspecified atom stereocenters. The molecule has 7 nitrogen and oxygen atoms in total. The van der Waals surface area contributed by atoms with Crippen molar-refractivity contribution in [1.29, 1.82) is 0 Å². The number of hydrogen-bond donors (Lipinski definition) is 2. The molecule has 32 heavy (non-hydrogen) atoms. The van der Waals surface area contributed by atoms with E-state index in [2.05, 4.69) is 10.4 Å². The van der Waals surface area contributed by atoms with Crippen LogP contribution in [0.2, 0.25) is 0 Å². The number of aromatic nitrogens is 3. The summed E-state index contributed by atoms with van der Waals surface area (Å²) in [6.07, 6.45) is 7.19. The van der Waals surface area contributed by atoms with E-state index >= 15 is 0 Å². The van der Waals surface area contributed by atoms with Gasteiger partial charge in [0.1, 0.15) is 16.9 Å². The largest absolute Gasteiger partial charge is 0.383 e. The molecule has 0 saturated heterocycles. The van der Waals surface area contributed by atoms with E-state index in [-0.39, 0.29) is 17.8 Å². The fraction of sp³-hybridized carbons (Fsp3) is 0.280. The highest BCUT2D eigenvalue weighted by Gasteiger charge is 2.26. The van der Waals surface area contributed by atoms with Crippen LogP contribution in [-0.4, -0.2) is 32.8 Å². The number of benzene rings is 2. The summed E-state index contributed by atoms with van der Waals surface area (Å²) < 4.78 is 1.52. The molecule has 1 fully saturated rings. The lowest BCUT2D eigenvalue weighted by Gasteiger charge is -2.22. The summed E-state index contributed by atoms with van der Waals surface area (Å²) in [5, 5.41) is 7.74. The summed E-state index contributed by atoms with van der Waals surface area (Å²) >= 11 is 0. The Labute approximate surface area is 186 Å². The lowest BCUT2D eigenvalue weighted by Crippen LogP contribution is -2.36. The number of carbonyl (C=O) groups is 1. The molecular weight excluding hydrogens is 400 g/mol. The molecular formula is C25H26N6O. The number of aryl methyl sites for hydroxylation is 1. The van der Waals surface area contributed by atoms with Gasteiger partial charge in [-0.05, 0) is 37.5 Å².